The number of piperazine rings is 1. The van der Waals surface area contributed by atoms with Gasteiger partial charge in [-0.1, -0.05) is 13.3 Å². The summed E-state index contributed by atoms with van der Waals surface area (Å²) in [6, 6.07) is 2.36. The van der Waals surface area contributed by atoms with Gasteiger partial charge in [0.25, 0.3) is 5.56 Å². The molecule has 1 amide bonds. The number of hydrogen-bond acceptors (Lipinski definition) is 10. The van der Waals surface area contributed by atoms with Crippen LogP contribution in [-0.2, 0) is 21.4 Å². The normalized spacial score (nSPS) is 19.1. The lowest BCUT2D eigenvalue weighted by atomic mass is 10.00. The summed E-state index contributed by atoms with van der Waals surface area (Å²) in [7, 11) is -3.97. The summed E-state index contributed by atoms with van der Waals surface area (Å²) in [5, 5.41) is 2.95. The lowest BCUT2D eigenvalue weighted by Gasteiger charge is -2.35. The van der Waals surface area contributed by atoms with E-state index < -0.39 is 15.6 Å². The fourth-order valence-corrected chi connectivity index (χ4v) is 8.87. The highest BCUT2D eigenvalue weighted by Gasteiger charge is 2.34. The van der Waals surface area contributed by atoms with Crippen LogP contribution in [0.4, 0.5) is 5.95 Å². The highest BCUT2D eigenvalue weighted by molar-refractivity contribution is 7.89. The number of likely N-dealkylation sites (tertiary alicyclic amines) is 1. The summed E-state index contributed by atoms with van der Waals surface area (Å²) >= 11 is 1.18. The van der Waals surface area contributed by atoms with Gasteiger partial charge >= 0.3 is 0 Å². The second kappa shape index (κ2) is 12.9. The Bertz CT molecular complexity index is 1520. The monoisotopic (exact) mass is 602 g/mol. The number of carbonyl (C=O) groups is 1. The first-order valence-electron chi connectivity index (χ1n) is 14.3. The van der Waals surface area contributed by atoms with E-state index in [1.807, 2.05) is 4.90 Å². The number of sulfonamides is 1. The molecule has 5 rings (SSSR count). The van der Waals surface area contributed by atoms with Gasteiger partial charge in [-0.3, -0.25) is 14.2 Å². The highest BCUT2D eigenvalue weighted by atomic mass is 32.2. The average molecular weight is 603 g/mol. The minimum absolute atomic E-state index is 0.0128. The van der Waals surface area contributed by atoms with Crippen molar-refractivity contribution < 1.29 is 13.2 Å². The summed E-state index contributed by atoms with van der Waals surface area (Å²) in [6.07, 6.45) is 10.4. The maximum absolute atomic E-state index is 13.8. The van der Waals surface area contributed by atoms with Crippen LogP contribution < -0.4 is 15.8 Å². The summed E-state index contributed by atoms with van der Waals surface area (Å²) in [4.78, 5) is 44.4. The molecule has 12 nitrogen and oxygen atoms in total. The molecule has 0 bridgehead atoms. The molecule has 41 heavy (non-hydrogen) atoms. The topological polar surface area (TPSA) is 134 Å². The molecule has 14 heteroatoms. The zero-order chi connectivity index (χ0) is 29.0. The molecule has 3 aromatic heterocycles. The number of anilines is 1. The van der Waals surface area contributed by atoms with Gasteiger partial charge in [-0.05, 0) is 45.2 Å². The second-order valence-electron chi connectivity index (χ2n) is 10.6. The van der Waals surface area contributed by atoms with E-state index in [4.69, 9.17) is 0 Å². The van der Waals surface area contributed by atoms with Crippen molar-refractivity contribution in [1.29, 1.82) is 0 Å². The second-order valence-corrected chi connectivity index (χ2v) is 13.7. The van der Waals surface area contributed by atoms with Crippen LogP contribution >= 0.6 is 11.3 Å². The lowest BCUT2D eigenvalue weighted by Crippen LogP contribution is -2.49. The quantitative estimate of drug-likeness (QED) is 0.345. The number of nitrogens with zero attached hydrogens (tertiary/aromatic N) is 7. The third-order valence-corrected chi connectivity index (χ3v) is 11.2. The van der Waals surface area contributed by atoms with E-state index in [0.717, 1.165) is 25.9 Å². The molecule has 2 saturated heterocycles. The fourth-order valence-electron chi connectivity index (χ4n) is 5.79. The molecule has 1 atom stereocenters. The van der Waals surface area contributed by atoms with E-state index in [-0.39, 0.29) is 35.8 Å². The van der Waals surface area contributed by atoms with Crippen LogP contribution in [0.2, 0.25) is 0 Å². The Labute approximate surface area is 244 Å². The van der Waals surface area contributed by atoms with Crippen molar-refractivity contribution >= 4 is 43.4 Å². The molecule has 0 radical (unpaired) electrons. The zero-order valence-electron chi connectivity index (χ0n) is 23.7. The van der Waals surface area contributed by atoms with Crippen LogP contribution in [0.15, 0.2) is 34.5 Å². The van der Waals surface area contributed by atoms with E-state index in [0.29, 0.717) is 41.3 Å². The van der Waals surface area contributed by atoms with E-state index in [1.54, 1.807) is 25.4 Å². The lowest BCUT2D eigenvalue weighted by molar-refractivity contribution is -0.121. The molecule has 0 spiro atoms. The van der Waals surface area contributed by atoms with Crippen LogP contribution in [-0.4, -0.2) is 94.9 Å². The molecule has 222 valence electrons. The number of aromatic nitrogens is 4. The Morgan fingerprint density at radius 1 is 1.10 bits per heavy atom. The summed E-state index contributed by atoms with van der Waals surface area (Å²) in [5.74, 6) is 0.262. The predicted molar refractivity (Wildman–Crippen MR) is 159 cm³/mol. The number of aryl methyl sites for hydroxylation is 1. The minimum Gasteiger partial charge on any atom is -0.354 e. The van der Waals surface area contributed by atoms with Gasteiger partial charge in [0.15, 0.2) is 0 Å². The number of thiophene rings is 1. The Balaban J connectivity index is 1.25. The van der Waals surface area contributed by atoms with Crippen molar-refractivity contribution in [2.45, 2.75) is 63.4 Å². The van der Waals surface area contributed by atoms with Gasteiger partial charge in [0.1, 0.15) is 16.3 Å². The number of fused-ring (bicyclic) bond motifs is 1. The van der Waals surface area contributed by atoms with Gasteiger partial charge in [-0.15, -0.1) is 11.3 Å². The standard InChI is InChI=1S/C27H38N8O4S2/c1-3-21-8-4-5-12-32(21)13-7-11-28-22(36)18-34-19-31-25-23(26(34)37)24(20(2)40-25)41(38,39)35-16-14-33(15-17-35)27-29-9-6-10-30-27/h6,9-10,19,21H,3-5,7-8,11-18H2,1-2H3,(H,28,36)/t21-/m1/s1. The smallest absolute Gasteiger partial charge is 0.263 e. The molecule has 0 aromatic carbocycles. The van der Waals surface area contributed by atoms with Crippen molar-refractivity contribution in [2.75, 3.05) is 50.7 Å². The number of nitrogens with one attached hydrogen (secondary N) is 1. The predicted octanol–water partition coefficient (Wildman–Crippen LogP) is 1.84. The zero-order valence-corrected chi connectivity index (χ0v) is 25.3. The fraction of sp³-hybridized carbons (Fsp3) is 0.593. The summed E-state index contributed by atoms with van der Waals surface area (Å²) in [6.45, 7) is 7.61. The van der Waals surface area contributed by atoms with Gasteiger partial charge in [0.05, 0.1) is 11.7 Å². The van der Waals surface area contributed by atoms with Crippen molar-refractivity contribution in [3.05, 3.63) is 40.0 Å². The van der Waals surface area contributed by atoms with E-state index in [2.05, 4.69) is 32.1 Å². The molecule has 2 aliphatic heterocycles. The highest BCUT2D eigenvalue weighted by Crippen LogP contribution is 2.33. The van der Waals surface area contributed by atoms with Crippen LogP contribution in [0.3, 0.4) is 0 Å². The SMILES string of the molecule is CC[C@@H]1CCCCN1CCCNC(=O)Cn1cnc2sc(C)c(S(=O)(=O)N3CCN(c4ncccn4)CC3)c2c1=O. The molecule has 1 N–H and O–H groups in total. The number of amides is 1. The summed E-state index contributed by atoms with van der Waals surface area (Å²) < 4.78 is 30.2. The van der Waals surface area contributed by atoms with Crippen LogP contribution in [0.1, 0.15) is 43.9 Å². The van der Waals surface area contributed by atoms with Gasteiger partial charge in [-0.2, -0.15) is 4.31 Å². The first kappa shape index (κ1) is 29.5. The molecule has 0 unspecified atom stereocenters. The molecule has 3 aromatic rings. The largest absolute Gasteiger partial charge is 0.354 e. The Morgan fingerprint density at radius 2 is 1.85 bits per heavy atom. The Kier molecular flexibility index (Phi) is 9.32. The van der Waals surface area contributed by atoms with Crippen LogP contribution in [0, 0.1) is 6.92 Å². The minimum atomic E-state index is -3.97. The maximum atomic E-state index is 13.8. The average Bonchev–Trinajstić information content (AvgIpc) is 3.35. The first-order chi connectivity index (χ1) is 19.8. The van der Waals surface area contributed by atoms with Crippen LogP contribution in [0.25, 0.3) is 10.2 Å². The van der Waals surface area contributed by atoms with E-state index in [1.165, 1.54) is 45.8 Å². The third kappa shape index (κ3) is 6.45. The first-order valence-corrected chi connectivity index (χ1v) is 16.6. The molecule has 2 fully saturated rings. The van der Waals surface area contributed by atoms with Crippen molar-refractivity contribution in [2.24, 2.45) is 0 Å². The van der Waals surface area contributed by atoms with Crippen molar-refractivity contribution in [3.8, 4) is 0 Å². The number of carbonyl (C=O) groups excluding carboxylic acids is 1. The number of hydrogen-bond donors (Lipinski definition) is 1. The van der Waals surface area contributed by atoms with Gasteiger partial charge in [-0.25, -0.2) is 23.4 Å². The van der Waals surface area contributed by atoms with Crippen molar-refractivity contribution in [1.82, 2.24) is 34.0 Å². The molecular formula is C27H38N8O4S2. The molecular weight excluding hydrogens is 564 g/mol. The third-order valence-electron chi connectivity index (χ3n) is 7.95. The van der Waals surface area contributed by atoms with Gasteiger partial charge in [0.2, 0.25) is 21.9 Å². The van der Waals surface area contributed by atoms with E-state index >= 15 is 0 Å². The van der Waals surface area contributed by atoms with Gasteiger partial charge < -0.3 is 15.1 Å². The molecule has 0 saturated carbocycles. The van der Waals surface area contributed by atoms with Crippen molar-refractivity contribution in [3.63, 3.8) is 0 Å². The molecule has 2 aliphatic rings. The molecule has 0 aliphatic carbocycles. The number of rotatable bonds is 10. The Morgan fingerprint density at radius 3 is 2.59 bits per heavy atom. The molecule has 5 heterocycles. The van der Waals surface area contributed by atoms with Gasteiger partial charge in [0, 0.05) is 62.6 Å². The van der Waals surface area contributed by atoms with Crippen LogP contribution in [0.5, 0.6) is 0 Å². The summed E-state index contributed by atoms with van der Waals surface area (Å²) in [5.41, 5.74) is -0.525. The van der Waals surface area contributed by atoms with E-state index in [9.17, 15) is 18.0 Å². The Hall–Kier alpha value is -2.94. The maximum Gasteiger partial charge on any atom is 0.263 e. The number of piperidine rings is 1.